The summed E-state index contributed by atoms with van der Waals surface area (Å²) in [6.07, 6.45) is 4.46. The summed E-state index contributed by atoms with van der Waals surface area (Å²) >= 11 is 0. The number of aromatic nitrogens is 3. The number of rotatable bonds is 3. The monoisotopic (exact) mass is 346 g/mol. The quantitative estimate of drug-likeness (QED) is 0.837. The van der Waals surface area contributed by atoms with Gasteiger partial charge in [-0.1, -0.05) is 0 Å². The van der Waals surface area contributed by atoms with Crippen LogP contribution in [0.5, 0.6) is 0 Å². The Hall–Kier alpha value is -2.52. The lowest BCUT2D eigenvalue weighted by molar-refractivity contribution is -0.00461. The molecule has 0 aliphatic carbocycles. The molecule has 0 unspecified atom stereocenters. The van der Waals surface area contributed by atoms with Crippen molar-refractivity contribution in [3.05, 3.63) is 36.7 Å². The van der Waals surface area contributed by atoms with E-state index in [-0.39, 0.29) is 29.9 Å². The molecule has 0 saturated carbocycles. The molecule has 2 aliphatic rings. The maximum atomic E-state index is 14.1. The number of nitrogens with two attached hydrogens (primary N) is 1. The smallest absolute Gasteiger partial charge is 0.207 e. The Morgan fingerprint density at radius 3 is 2.64 bits per heavy atom. The highest BCUT2D eigenvalue weighted by molar-refractivity contribution is 5.49. The van der Waals surface area contributed by atoms with Gasteiger partial charge in [-0.3, -0.25) is 4.98 Å². The highest BCUT2D eigenvalue weighted by Crippen LogP contribution is 2.27. The van der Waals surface area contributed by atoms with E-state index in [0.29, 0.717) is 26.3 Å². The second-order valence-electron chi connectivity index (χ2n) is 6.13. The van der Waals surface area contributed by atoms with E-state index in [1.54, 1.807) is 17.3 Å². The molecule has 3 N–H and O–H groups in total. The Morgan fingerprint density at radius 1 is 1.20 bits per heavy atom. The van der Waals surface area contributed by atoms with Crippen LogP contribution in [0.15, 0.2) is 30.9 Å². The van der Waals surface area contributed by atoms with Gasteiger partial charge in [0.05, 0.1) is 24.9 Å². The van der Waals surface area contributed by atoms with Gasteiger partial charge in [-0.15, -0.1) is 0 Å². The van der Waals surface area contributed by atoms with Crippen molar-refractivity contribution in [2.45, 2.75) is 18.2 Å². The van der Waals surface area contributed by atoms with Crippen molar-refractivity contribution >= 4 is 17.3 Å². The first-order valence-corrected chi connectivity index (χ1v) is 8.11. The molecule has 0 amide bonds. The zero-order chi connectivity index (χ0) is 17.2. The molecule has 2 aliphatic heterocycles. The Labute approximate surface area is 144 Å². The number of nitrogens with zero attached hydrogens (tertiary/aromatic N) is 4. The van der Waals surface area contributed by atoms with Crippen LogP contribution in [0.1, 0.15) is 0 Å². The van der Waals surface area contributed by atoms with Crippen LogP contribution in [0, 0.1) is 5.82 Å². The molecule has 132 valence electrons. The molecule has 0 radical (unpaired) electrons. The SMILES string of the molecule is Nc1ncnc(N2C[C@@H]3OCC(Nc4cccnc4)CO[C@H]3C2)c1F. The van der Waals surface area contributed by atoms with E-state index in [0.717, 1.165) is 5.69 Å². The summed E-state index contributed by atoms with van der Waals surface area (Å²) < 4.78 is 26.1. The normalized spacial score (nSPS) is 24.0. The lowest BCUT2D eigenvalue weighted by Crippen LogP contribution is -2.31. The van der Waals surface area contributed by atoms with E-state index in [1.165, 1.54) is 6.33 Å². The van der Waals surface area contributed by atoms with Crippen LogP contribution in [0.4, 0.5) is 21.7 Å². The maximum Gasteiger partial charge on any atom is 0.207 e. The Balaban J connectivity index is 1.39. The van der Waals surface area contributed by atoms with E-state index >= 15 is 0 Å². The average Bonchev–Trinajstić information content (AvgIpc) is 2.94. The molecule has 2 atom stereocenters. The van der Waals surface area contributed by atoms with Crippen molar-refractivity contribution in [1.29, 1.82) is 0 Å². The van der Waals surface area contributed by atoms with Gasteiger partial charge < -0.3 is 25.4 Å². The van der Waals surface area contributed by atoms with Crippen LogP contribution < -0.4 is 16.0 Å². The molecule has 25 heavy (non-hydrogen) atoms. The molecule has 4 rings (SSSR count). The summed E-state index contributed by atoms with van der Waals surface area (Å²) in [7, 11) is 0. The van der Waals surface area contributed by atoms with E-state index in [9.17, 15) is 4.39 Å². The summed E-state index contributed by atoms with van der Waals surface area (Å²) in [6, 6.07) is 3.85. The molecule has 2 fully saturated rings. The minimum absolute atomic E-state index is 0.0367. The second-order valence-corrected chi connectivity index (χ2v) is 6.13. The van der Waals surface area contributed by atoms with E-state index < -0.39 is 5.82 Å². The molecule has 4 heterocycles. The molecule has 8 nitrogen and oxygen atoms in total. The van der Waals surface area contributed by atoms with Gasteiger partial charge in [-0.05, 0) is 12.1 Å². The van der Waals surface area contributed by atoms with Crippen LogP contribution in [0.2, 0.25) is 0 Å². The summed E-state index contributed by atoms with van der Waals surface area (Å²) in [5.41, 5.74) is 6.45. The third kappa shape index (κ3) is 3.33. The van der Waals surface area contributed by atoms with Gasteiger partial charge in [-0.25, -0.2) is 9.97 Å². The Bertz CT molecular complexity index is 718. The zero-order valence-corrected chi connectivity index (χ0v) is 13.5. The van der Waals surface area contributed by atoms with Crippen LogP contribution in [0.3, 0.4) is 0 Å². The first-order valence-electron chi connectivity index (χ1n) is 8.11. The molecule has 2 aromatic rings. The van der Waals surface area contributed by atoms with Crippen LogP contribution in [-0.2, 0) is 9.47 Å². The summed E-state index contributed by atoms with van der Waals surface area (Å²) in [4.78, 5) is 13.5. The van der Waals surface area contributed by atoms with Crippen molar-refractivity contribution < 1.29 is 13.9 Å². The minimum Gasteiger partial charge on any atom is -0.381 e. The number of halogens is 1. The lowest BCUT2D eigenvalue weighted by atomic mass is 10.3. The predicted octanol–water partition coefficient (Wildman–Crippen LogP) is 0.678. The number of ether oxygens (including phenoxy) is 2. The highest BCUT2D eigenvalue weighted by Gasteiger charge is 2.39. The van der Waals surface area contributed by atoms with Gasteiger partial charge in [-0.2, -0.15) is 4.39 Å². The fraction of sp³-hybridized carbons (Fsp3) is 0.438. The third-order valence-corrected chi connectivity index (χ3v) is 4.37. The lowest BCUT2D eigenvalue weighted by Gasteiger charge is -2.20. The topological polar surface area (TPSA) is 98.4 Å². The van der Waals surface area contributed by atoms with Crippen LogP contribution in [0.25, 0.3) is 0 Å². The number of hydrogen-bond acceptors (Lipinski definition) is 8. The van der Waals surface area contributed by atoms with Crippen molar-refractivity contribution in [3.63, 3.8) is 0 Å². The number of nitrogen functional groups attached to an aromatic ring is 1. The second kappa shape index (κ2) is 6.77. The van der Waals surface area contributed by atoms with Crippen LogP contribution >= 0.6 is 0 Å². The molecular formula is C16H19FN6O2. The molecule has 2 saturated heterocycles. The number of fused-ring (bicyclic) bond motifs is 1. The van der Waals surface area contributed by atoms with Gasteiger partial charge in [0.1, 0.15) is 18.5 Å². The maximum absolute atomic E-state index is 14.1. The first kappa shape index (κ1) is 16.0. The fourth-order valence-corrected chi connectivity index (χ4v) is 3.13. The van der Waals surface area contributed by atoms with E-state index in [2.05, 4.69) is 20.3 Å². The largest absolute Gasteiger partial charge is 0.381 e. The zero-order valence-electron chi connectivity index (χ0n) is 13.5. The summed E-state index contributed by atoms with van der Waals surface area (Å²) in [5.74, 6) is -0.562. The molecule has 2 aromatic heterocycles. The Kier molecular flexibility index (Phi) is 4.33. The first-order chi connectivity index (χ1) is 12.2. The highest BCUT2D eigenvalue weighted by atomic mass is 19.1. The Morgan fingerprint density at radius 2 is 1.96 bits per heavy atom. The summed E-state index contributed by atoms with van der Waals surface area (Å²) in [6.45, 7) is 1.99. The minimum atomic E-state index is -0.602. The van der Waals surface area contributed by atoms with Gasteiger partial charge in [0, 0.05) is 25.5 Å². The number of anilines is 3. The van der Waals surface area contributed by atoms with Gasteiger partial charge in [0.25, 0.3) is 0 Å². The van der Waals surface area contributed by atoms with E-state index in [1.807, 2.05) is 12.1 Å². The molecular weight excluding hydrogens is 327 g/mol. The molecule has 0 bridgehead atoms. The number of nitrogens with one attached hydrogen (secondary N) is 1. The van der Waals surface area contributed by atoms with E-state index in [4.69, 9.17) is 15.2 Å². The van der Waals surface area contributed by atoms with Crippen molar-refractivity contribution in [1.82, 2.24) is 15.0 Å². The average molecular weight is 346 g/mol. The summed E-state index contributed by atoms with van der Waals surface area (Å²) in [5, 5.41) is 3.35. The third-order valence-electron chi connectivity index (χ3n) is 4.37. The van der Waals surface area contributed by atoms with Gasteiger partial charge >= 0.3 is 0 Å². The van der Waals surface area contributed by atoms with Gasteiger partial charge in [0.15, 0.2) is 11.6 Å². The van der Waals surface area contributed by atoms with Gasteiger partial charge in [0.2, 0.25) is 5.82 Å². The van der Waals surface area contributed by atoms with Crippen molar-refractivity contribution in [2.75, 3.05) is 42.3 Å². The van der Waals surface area contributed by atoms with Crippen LogP contribution in [-0.4, -0.2) is 59.5 Å². The fourth-order valence-electron chi connectivity index (χ4n) is 3.13. The molecule has 9 heteroatoms. The van der Waals surface area contributed by atoms with Crippen molar-refractivity contribution in [3.8, 4) is 0 Å². The predicted molar refractivity (Wildman–Crippen MR) is 89.7 cm³/mol. The number of pyridine rings is 1. The molecule has 0 aromatic carbocycles. The molecule has 0 spiro atoms. The van der Waals surface area contributed by atoms with Crippen molar-refractivity contribution in [2.24, 2.45) is 0 Å². The standard InChI is InChI=1S/C16H19FN6O2/c17-14-15(18)20-9-21-16(14)23-5-12-13(6-23)25-8-11(7-24-12)22-10-2-1-3-19-4-10/h1-4,9,11-13,22H,5-8H2,(H2,18,20,21)/t12-,13-/m0/s1. The number of hydrogen-bond donors (Lipinski definition) is 2.